The molecule has 0 radical (unpaired) electrons. The van der Waals surface area contributed by atoms with Gasteiger partial charge < -0.3 is 23.7 Å². The molecule has 0 saturated carbocycles. The third-order valence-electron chi connectivity index (χ3n) is 8.37. The van der Waals surface area contributed by atoms with E-state index in [4.69, 9.17) is 23.7 Å². The van der Waals surface area contributed by atoms with Crippen LogP contribution in [0, 0.1) is 0 Å². The van der Waals surface area contributed by atoms with Gasteiger partial charge in [-0.05, 0) is 42.0 Å². The standard InChI is InChI=1S/C39H32N4O9/c44-35-32-30(21-41-43(35)25-48-22-26-13-5-1-6-14-26)42(24-40-32)36-34(52-39(47)29-19-11-4-12-20-29)33(51-38(46)28-17-9-3-10-18-28)31(50-36)23-49-37(45)27-15-7-2-8-16-27/h1-21,24,31,33-34,36H,22-23,25H2/t31-,33-,34-,36-/m1/s1. The van der Waals surface area contributed by atoms with E-state index in [-0.39, 0.29) is 42.1 Å². The average Bonchev–Trinajstić information content (AvgIpc) is 3.77. The maximum absolute atomic E-state index is 13.5. The Bertz CT molecular complexity index is 2210. The van der Waals surface area contributed by atoms with Crippen molar-refractivity contribution in [3.8, 4) is 0 Å². The number of carbonyl (C=O) groups is 3. The zero-order chi connectivity index (χ0) is 35.9. The van der Waals surface area contributed by atoms with Gasteiger partial charge in [0.15, 0.2) is 24.0 Å². The van der Waals surface area contributed by atoms with Crippen molar-refractivity contribution in [1.82, 2.24) is 19.3 Å². The molecule has 2 aromatic heterocycles. The van der Waals surface area contributed by atoms with E-state index in [1.54, 1.807) is 91.0 Å². The van der Waals surface area contributed by atoms with Crippen molar-refractivity contribution in [2.24, 2.45) is 0 Å². The molecule has 13 nitrogen and oxygen atoms in total. The molecule has 0 spiro atoms. The molecule has 1 aliphatic heterocycles. The molecule has 3 heterocycles. The number of rotatable bonds is 12. The molecule has 13 heteroatoms. The van der Waals surface area contributed by atoms with E-state index in [0.717, 1.165) is 10.2 Å². The second kappa shape index (κ2) is 15.6. The van der Waals surface area contributed by atoms with Crippen LogP contribution < -0.4 is 5.56 Å². The first-order chi connectivity index (χ1) is 25.5. The summed E-state index contributed by atoms with van der Waals surface area (Å²) in [5, 5.41) is 4.29. The number of ether oxygens (including phenoxy) is 5. The molecule has 0 unspecified atom stereocenters. The average molecular weight is 701 g/mol. The highest BCUT2D eigenvalue weighted by atomic mass is 16.7. The van der Waals surface area contributed by atoms with E-state index in [2.05, 4.69) is 10.1 Å². The Morgan fingerprint density at radius 1 is 0.692 bits per heavy atom. The molecule has 52 heavy (non-hydrogen) atoms. The van der Waals surface area contributed by atoms with Gasteiger partial charge in [0.1, 0.15) is 19.4 Å². The van der Waals surface area contributed by atoms with E-state index in [1.165, 1.54) is 17.1 Å². The van der Waals surface area contributed by atoms with E-state index in [0.29, 0.717) is 5.56 Å². The molecule has 1 aliphatic rings. The van der Waals surface area contributed by atoms with Crippen molar-refractivity contribution in [2.45, 2.75) is 37.9 Å². The zero-order valence-electron chi connectivity index (χ0n) is 27.6. The topological polar surface area (TPSA) is 150 Å². The SMILES string of the molecule is O=C(OC[C@H]1O[C@@H](n2cnc3c(=O)n(COCc4ccccc4)ncc32)[C@H](OC(=O)c2ccccc2)[C@@H]1OC(=O)c1ccccc1)c1ccccc1. The first kappa shape index (κ1) is 34.0. The Hall–Kier alpha value is -6.44. The molecule has 0 N–H and O–H groups in total. The summed E-state index contributed by atoms with van der Waals surface area (Å²) in [6, 6.07) is 34.4. The van der Waals surface area contributed by atoms with Gasteiger partial charge in [0, 0.05) is 0 Å². The highest BCUT2D eigenvalue weighted by Gasteiger charge is 2.51. The summed E-state index contributed by atoms with van der Waals surface area (Å²) in [4.78, 5) is 57.8. The van der Waals surface area contributed by atoms with E-state index in [9.17, 15) is 19.2 Å². The smallest absolute Gasteiger partial charge is 0.338 e. The van der Waals surface area contributed by atoms with Crippen LogP contribution in [0.25, 0.3) is 11.0 Å². The highest BCUT2D eigenvalue weighted by Crippen LogP contribution is 2.36. The molecule has 7 rings (SSSR count). The Balaban J connectivity index is 1.21. The molecule has 4 aromatic carbocycles. The number of esters is 3. The van der Waals surface area contributed by atoms with Gasteiger partial charge in [-0.15, -0.1) is 0 Å². The molecular formula is C39H32N4O9. The monoisotopic (exact) mass is 700 g/mol. The first-order valence-electron chi connectivity index (χ1n) is 16.4. The fourth-order valence-corrected chi connectivity index (χ4v) is 5.76. The van der Waals surface area contributed by atoms with Gasteiger partial charge >= 0.3 is 17.9 Å². The number of imidazole rings is 1. The second-order valence-electron chi connectivity index (χ2n) is 11.8. The van der Waals surface area contributed by atoms with Crippen LogP contribution in [0.2, 0.25) is 0 Å². The molecule has 1 saturated heterocycles. The number of carbonyl (C=O) groups excluding carboxylic acids is 3. The number of benzene rings is 4. The van der Waals surface area contributed by atoms with Crippen LogP contribution in [-0.2, 0) is 37.0 Å². The quantitative estimate of drug-likeness (QED) is 0.126. The van der Waals surface area contributed by atoms with Crippen LogP contribution in [0.1, 0.15) is 42.9 Å². The number of fused-ring (bicyclic) bond motifs is 1. The summed E-state index contributed by atoms with van der Waals surface area (Å²) in [5.74, 6) is -2.07. The maximum Gasteiger partial charge on any atom is 0.338 e. The fraction of sp³-hybridized carbons (Fsp3) is 0.179. The number of hydrogen-bond acceptors (Lipinski definition) is 11. The minimum Gasteiger partial charge on any atom is -0.459 e. The summed E-state index contributed by atoms with van der Waals surface area (Å²) < 4.78 is 32.4. The molecule has 4 atom stereocenters. The fourth-order valence-electron chi connectivity index (χ4n) is 5.76. The summed E-state index contributed by atoms with van der Waals surface area (Å²) in [5.41, 5.74) is 1.49. The summed E-state index contributed by atoms with van der Waals surface area (Å²) >= 11 is 0. The third-order valence-corrected chi connectivity index (χ3v) is 8.37. The van der Waals surface area contributed by atoms with Crippen molar-refractivity contribution in [3.05, 3.63) is 166 Å². The van der Waals surface area contributed by atoms with Gasteiger partial charge in [-0.25, -0.2) is 24.0 Å². The normalized spacial score (nSPS) is 18.2. The van der Waals surface area contributed by atoms with Gasteiger partial charge in [0.05, 0.1) is 41.3 Å². The van der Waals surface area contributed by atoms with Crippen LogP contribution in [0.3, 0.4) is 0 Å². The number of hydrogen-bond donors (Lipinski definition) is 0. The Morgan fingerprint density at radius 3 is 1.83 bits per heavy atom. The lowest BCUT2D eigenvalue weighted by Gasteiger charge is -2.25. The van der Waals surface area contributed by atoms with Gasteiger partial charge in [-0.2, -0.15) is 5.10 Å². The maximum atomic E-state index is 13.5. The molecule has 1 fully saturated rings. The van der Waals surface area contributed by atoms with Crippen molar-refractivity contribution < 1.29 is 38.1 Å². The van der Waals surface area contributed by atoms with Gasteiger partial charge in [-0.1, -0.05) is 84.9 Å². The van der Waals surface area contributed by atoms with Crippen LogP contribution in [0.5, 0.6) is 0 Å². The van der Waals surface area contributed by atoms with Gasteiger partial charge in [0.25, 0.3) is 5.56 Å². The summed E-state index contributed by atoms with van der Waals surface area (Å²) in [7, 11) is 0. The summed E-state index contributed by atoms with van der Waals surface area (Å²) in [6.07, 6.45) is -2.11. The van der Waals surface area contributed by atoms with Crippen LogP contribution in [0.4, 0.5) is 0 Å². The van der Waals surface area contributed by atoms with Crippen molar-refractivity contribution >= 4 is 28.9 Å². The molecule has 0 amide bonds. The van der Waals surface area contributed by atoms with Crippen LogP contribution in [-0.4, -0.2) is 62.2 Å². The molecular weight excluding hydrogens is 668 g/mol. The zero-order valence-corrected chi connectivity index (χ0v) is 27.6. The molecule has 6 aromatic rings. The van der Waals surface area contributed by atoms with E-state index < -0.39 is 48.0 Å². The number of nitrogens with zero attached hydrogens (tertiary/aromatic N) is 4. The molecule has 262 valence electrons. The van der Waals surface area contributed by atoms with Crippen LogP contribution >= 0.6 is 0 Å². The van der Waals surface area contributed by atoms with Gasteiger partial charge in [-0.3, -0.25) is 9.36 Å². The highest BCUT2D eigenvalue weighted by molar-refractivity contribution is 5.91. The largest absolute Gasteiger partial charge is 0.459 e. The van der Waals surface area contributed by atoms with Crippen LogP contribution in [0.15, 0.2) is 139 Å². The molecule has 0 bridgehead atoms. The molecule has 0 aliphatic carbocycles. The van der Waals surface area contributed by atoms with E-state index >= 15 is 0 Å². The van der Waals surface area contributed by atoms with Crippen molar-refractivity contribution in [1.29, 1.82) is 0 Å². The predicted molar refractivity (Wildman–Crippen MR) is 185 cm³/mol. The number of aromatic nitrogens is 4. The Morgan fingerprint density at radius 2 is 1.23 bits per heavy atom. The van der Waals surface area contributed by atoms with Crippen molar-refractivity contribution in [3.63, 3.8) is 0 Å². The van der Waals surface area contributed by atoms with Gasteiger partial charge in [0.2, 0.25) is 0 Å². The second-order valence-corrected chi connectivity index (χ2v) is 11.8. The Labute approximate surface area is 296 Å². The third kappa shape index (κ3) is 7.50. The summed E-state index contributed by atoms with van der Waals surface area (Å²) in [6.45, 7) is -0.224. The minimum absolute atomic E-state index is 0.0480. The lowest BCUT2D eigenvalue weighted by Crippen LogP contribution is -2.41. The Kier molecular flexibility index (Phi) is 10.2. The van der Waals surface area contributed by atoms with E-state index in [1.807, 2.05) is 30.3 Å². The lowest BCUT2D eigenvalue weighted by atomic mass is 10.1. The minimum atomic E-state index is -1.30. The predicted octanol–water partition coefficient (Wildman–Crippen LogP) is 4.97. The lowest BCUT2D eigenvalue weighted by molar-refractivity contribution is -0.0604. The van der Waals surface area contributed by atoms with Crippen molar-refractivity contribution in [2.75, 3.05) is 6.61 Å². The first-order valence-corrected chi connectivity index (χ1v) is 16.4.